The van der Waals surface area contributed by atoms with Gasteiger partial charge in [-0.2, -0.15) is 0 Å². The first-order valence-corrected chi connectivity index (χ1v) is 11.8. The summed E-state index contributed by atoms with van der Waals surface area (Å²) in [5, 5.41) is 0. The Hall–Kier alpha value is -3.99. The van der Waals surface area contributed by atoms with Crippen LogP contribution >= 0.6 is 0 Å². The normalized spacial score (nSPS) is 13.6. The molecule has 202 valence electrons. The number of benzene rings is 2. The molecule has 0 unspecified atom stereocenters. The van der Waals surface area contributed by atoms with E-state index in [9.17, 15) is 18.0 Å². The van der Waals surface area contributed by atoms with E-state index in [4.69, 9.17) is 18.9 Å². The summed E-state index contributed by atoms with van der Waals surface area (Å²) in [6, 6.07) is 14.3. The Labute approximate surface area is 217 Å². The first-order valence-electron chi connectivity index (χ1n) is 11.8. The number of hydrogen-bond donors (Lipinski definition) is 0. The van der Waals surface area contributed by atoms with Crippen LogP contribution in [0.1, 0.15) is 27.5 Å². The van der Waals surface area contributed by atoms with Crippen molar-refractivity contribution in [1.29, 1.82) is 0 Å². The molecule has 0 radical (unpaired) electrons. The fourth-order valence-corrected chi connectivity index (χ4v) is 3.88. The van der Waals surface area contributed by atoms with Crippen molar-refractivity contribution in [2.45, 2.75) is 18.9 Å². The van der Waals surface area contributed by atoms with Crippen molar-refractivity contribution in [2.24, 2.45) is 0 Å². The smallest absolute Gasteiger partial charge is 0.493 e. The van der Waals surface area contributed by atoms with Gasteiger partial charge < -0.3 is 28.6 Å². The molecule has 0 saturated carbocycles. The highest BCUT2D eigenvalue weighted by molar-refractivity contribution is 5.93. The van der Waals surface area contributed by atoms with Crippen LogP contribution in [0.3, 0.4) is 0 Å². The molecular formula is C27H27F3N2O6. The summed E-state index contributed by atoms with van der Waals surface area (Å²) in [4.78, 5) is 18.7. The van der Waals surface area contributed by atoms with Gasteiger partial charge in [0, 0.05) is 38.4 Å². The summed E-state index contributed by atoms with van der Waals surface area (Å²) in [7, 11) is 3.11. The van der Waals surface area contributed by atoms with Gasteiger partial charge in [-0.05, 0) is 41.5 Å². The van der Waals surface area contributed by atoms with E-state index in [0.29, 0.717) is 54.8 Å². The van der Waals surface area contributed by atoms with Crippen LogP contribution in [-0.4, -0.2) is 62.7 Å². The lowest BCUT2D eigenvalue weighted by Gasteiger charge is -2.39. The molecule has 0 aliphatic carbocycles. The Morgan fingerprint density at radius 2 is 1.71 bits per heavy atom. The molecule has 38 heavy (non-hydrogen) atoms. The minimum Gasteiger partial charge on any atom is -0.493 e. The average molecular weight is 533 g/mol. The molecule has 8 nitrogen and oxygen atoms in total. The third-order valence-corrected chi connectivity index (χ3v) is 5.89. The van der Waals surface area contributed by atoms with E-state index in [-0.39, 0.29) is 24.2 Å². The zero-order chi connectivity index (χ0) is 27.1. The minimum absolute atomic E-state index is 0.129. The number of alkyl halides is 3. The number of hydrogen-bond acceptors (Lipinski definition) is 7. The van der Waals surface area contributed by atoms with Crippen LogP contribution in [0.25, 0.3) is 0 Å². The summed E-state index contributed by atoms with van der Waals surface area (Å²) < 4.78 is 62.7. The third-order valence-electron chi connectivity index (χ3n) is 5.89. The summed E-state index contributed by atoms with van der Waals surface area (Å²) in [6.45, 7) is 2.02. The predicted octanol–water partition coefficient (Wildman–Crippen LogP) is 4.83. The van der Waals surface area contributed by atoms with E-state index in [0.717, 1.165) is 5.56 Å². The molecule has 11 heteroatoms. The molecule has 4 rings (SSSR count). The lowest BCUT2D eigenvalue weighted by atomic mass is 9.91. The highest BCUT2D eigenvalue weighted by Crippen LogP contribution is 2.35. The maximum atomic E-state index is 12.8. The van der Waals surface area contributed by atoms with Gasteiger partial charge in [-0.1, -0.05) is 18.2 Å². The monoisotopic (exact) mass is 532 g/mol. The van der Waals surface area contributed by atoms with Crippen molar-refractivity contribution in [1.82, 2.24) is 9.88 Å². The largest absolute Gasteiger partial charge is 0.573 e. The number of nitrogens with zero attached hydrogens (tertiary/aromatic N) is 2. The Balaban J connectivity index is 1.32. The minimum atomic E-state index is -4.74. The van der Waals surface area contributed by atoms with Gasteiger partial charge in [0.05, 0.1) is 13.7 Å². The molecule has 0 N–H and O–H groups in total. The van der Waals surface area contributed by atoms with E-state index in [1.165, 1.54) is 31.4 Å². The quantitative estimate of drug-likeness (QED) is 0.327. The van der Waals surface area contributed by atoms with Crippen LogP contribution in [0, 0.1) is 0 Å². The second kappa shape index (κ2) is 12.0. The molecule has 0 atom stereocenters. The first-order chi connectivity index (χ1) is 18.3. The number of likely N-dealkylation sites (tertiary alicyclic amines) is 1. The molecular weight excluding hydrogens is 505 g/mol. The number of ether oxygens (including phenoxy) is 5. The molecule has 3 aromatic rings. The zero-order valence-corrected chi connectivity index (χ0v) is 20.9. The second-order valence-electron chi connectivity index (χ2n) is 8.52. The molecule has 1 fully saturated rings. The maximum Gasteiger partial charge on any atom is 0.573 e. The van der Waals surface area contributed by atoms with Crippen LogP contribution in [0.15, 0.2) is 60.8 Å². The van der Waals surface area contributed by atoms with Crippen molar-refractivity contribution < 1.29 is 41.7 Å². The van der Waals surface area contributed by atoms with Gasteiger partial charge in [0.2, 0.25) is 0 Å². The fraction of sp³-hybridized carbons (Fsp3) is 0.333. The number of aromatic nitrogens is 1. The van der Waals surface area contributed by atoms with E-state index in [2.05, 4.69) is 9.72 Å². The number of pyridine rings is 1. The molecule has 2 aromatic carbocycles. The van der Waals surface area contributed by atoms with Crippen LogP contribution < -0.4 is 18.9 Å². The summed E-state index contributed by atoms with van der Waals surface area (Å²) >= 11 is 0. The highest BCUT2D eigenvalue weighted by atomic mass is 19.4. The Morgan fingerprint density at radius 1 is 0.947 bits per heavy atom. The third kappa shape index (κ3) is 7.06. The van der Waals surface area contributed by atoms with Crippen molar-refractivity contribution >= 4 is 5.91 Å². The molecule has 1 aliphatic heterocycles. The lowest BCUT2D eigenvalue weighted by Crippen LogP contribution is -2.48. The zero-order valence-electron chi connectivity index (χ0n) is 20.9. The van der Waals surface area contributed by atoms with Crippen LogP contribution in [0.2, 0.25) is 0 Å². The van der Waals surface area contributed by atoms with Crippen molar-refractivity contribution in [3.05, 3.63) is 77.6 Å². The van der Waals surface area contributed by atoms with Gasteiger partial charge in [0.15, 0.2) is 11.5 Å². The van der Waals surface area contributed by atoms with Gasteiger partial charge in [0.1, 0.15) is 30.4 Å². The Morgan fingerprint density at radius 3 is 2.39 bits per heavy atom. The predicted molar refractivity (Wildman–Crippen MR) is 131 cm³/mol. The van der Waals surface area contributed by atoms with E-state index in [1.807, 2.05) is 12.1 Å². The highest BCUT2D eigenvalue weighted by Gasteiger charge is 2.33. The van der Waals surface area contributed by atoms with Crippen molar-refractivity contribution in [3.63, 3.8) is 0 Å². The maximum absolute atomic E-state index is 12.8. The molecule has 1 saturated heterocycles. The number of amides is 1. The molecule has 0 spiro atoms. The number of rotatable bonds is 11. The Bertz CT molecular complexity index is 1230. The molecule has 1 aliphatic rings. The second-order valence-corrected chi connectivity index (χ2v) is 8.52. The van der Waals surface area contributed by atoms with Gasteiger partial charge in [-0.3, -0.25) is 9.78 Å². The summed E-state index contributed by atoms with van der Waals surface area (Å²) in [5.41, 5.74) is 1.98. The number of carbonyl (C=O) groups is 1. The topological polar surface area (TPSA) is 79.4 Å². The molecule has 1 amide bonds. The number of carbonyl (C=O) groups excluding carboxylic acids is 1. The van der Waals surface area contributed by atoms with Gasteiger partial charge in [-0.15, -0.1) is 13.2 Å². The average Bonchev–Trinajstić information content (AvgIpc) is 2.87. The SMILES string of the molecule is COCCOc1ccnc(C(=O)N2CC(c3ccc(OCc4ccc(OC(F)(F)F)cc4)c(OC)c3)C2)c1. The summed E-state index contributed by atoms with van der Waals surface area (Å²) in [6.07, 6.45) is -3.19. The van der Waals surface area contributed by atoms with Crippen LogP contribution in [-0.2, 0) is 11.3 Å². The standard InChI is InChI=1S/C27H27F3N2O6/c1-34-11-12-36-22-9-10-31-23(14-22)26(33)32-15-20(16-32)19-5-8-24(25(13-19)35-2)37-17-18-3-6-21(7-4-18)38-27(28,29)30/h3-10,13-14,20H,11-12,15-17H2,1-2H3. The van der Waals surface area contributed by atoms with Crippen molar-refractivity contribution in [2.75, 3.05) is 40.5 Å². The van der Waals surface area contributed by atoms with E-state index >= 15 is 0 Å². The Kier molecular flexibility index (Phi) is 8.57. The van der Waals surface area contributed by atoms with E-state index < -0.39 is 6.36 Å². The van der Waals surface area contributed by atoms with Gasteiger partial charge in [-0.25, -0.2) is 0 Å². The van der Waals surface area contributed by atoms with Crippen LogP contribution in [0.4, 0.5) is 13.2 Å². The van der Waals surface area contributed by atoms with Gasteiger partial charge in [0.25, 0.3) is 5.91 Å². The molecule has 0 bridgehead atoms. The van der Waals surface area contributed by atoms with Gasteiger partial charge >= 0.3 is 6.36 Å². The van der Waals surface area contributed by atoms with E-state index in [1.54, 1.807) is 36.4 Å². The lowest BCUT2D eigenvalue weighted by molar-refractivity contribution is -0.274. The fourth-order valence-electron chi connectivity index (χ4n) is 3.88. The van der Waals surface area contributed by atoms with Crippen LogP contribution in [0.5, 0.6) is 23.0 Å². The first kappa shape index (κ1) is 27.1. The van der Waals surface area contributed by atoms with Crippen molar-refractivity contribution in [3.8, 4) is 23.0 Å². The molecule has 2 heterocycles. The molecule has 1 aromatic heterocycles. The number of halogens is 3. The summed E-state index contributed by atoms with van der Waals surface area (Å²) in [5.74, 6) is 1.24. The number of methoxy groups -OCH3 is 2.